The van der Waals surface area contributed by atoms with Crippen molar-refractivity contribution < 1.29 is 14.3 Å². The van der Waals surface area contributed by atoms with E-state index < -0.39 is 0 Å². The monoisotopic (exact) mass is 302 g/mol. The standard InChI is InChI=1S/C17H22N2O3/c1-2-9-21-15-10-17(22-12-15)6-4-8-19(13-17)16(20)14-5-3-7-18-11-14/h2-3,5,7,11,15H,1,4,6,8-10,12-13H2/t15-,17+/m0/s1. The van der Waals surface area contributed by atoms with Gasteiger partial charge in [0.25, 0.3) is 5.91 Å². The summed E-state index contributed by atoms with van der Waals surface area (Å²) in [6.45, 7) is 6.22. The molecule has 2 atom stereocenters. The van der Waals surface area contributed by atoms with Crippen LogP contribution >= 0.6 is 0 Å². The second kappa shape index (κ2) is 6.58. The fourth-order valence-electron chi connectivity index (χ4n) is 3.34. The third-order valence-corrected chi connectivity index (χ3v) is 4.36. The second-order valence-electron chi connectivity index (χ2n) is 6.01. The number of piperidine rings is 1. The summed E-state index contributed by atoms with van der Waals surface area (Å²) in [6, 6.07) is 3.60. The Labute approximate surface area is 130 Å². The predicted molar refractivity (Wildman–Crippen MR) is 82.6 cm³/mol. The molecule has 118 valence electrons. The van der Waals surface area contributed by atoms with E-state index in [0.29, 0.717) is 25.3 Å². The highest BCUT2D eigenvalue weighted by molar-refractivity contribution is 5.94. The van der Waals surface area contributed by atoms with Crippen molar-refractivity contribution in [2.24, 2.45) is 0 Å². The largest absolute Gasteiger partial charge is 0.372 e. The van der Waals surface area contributed by atoms with E-state index in [9.17, 15) is 4.79 Å². The molecule has 2 aliphatic heterocycles. The zero-order chi connectivity index (χ0) is 15.4. The molecule has 22 heavy (non-hydrogen) atoms. The van der Waals surface area contributed by atoms with Crippen LogP contribution in [-0.4, -0.2) is 53.8 Å². The van der Waals surface area contributed by atoms with Crippen LogP contribution < -0.4 is 0 Å². The van der Waals surface area contributed by atoms with Gasteiger partial charge in [0.1, 0.15) is 0 Å². The first-order chi connectivity index (χ1) is 10.7. The van der Waals surface area contributed by atoms with Crippen molar-refractivity contribution in [1.82, 2.24) is 9.88 Å². The highest BCUT2D eigenvalue weighted by Crippen LogP contribution is 2.36. The van der Waals surface area contributed by atoms with Crippen LogP contribution in [-0.2, 0) is 9.47 Å². The second-order valence-corrected chi connectivity index (χ2v) is 6.01. The number of carbonyl (C=O) groups excluding carboxylic acids is 1. The van der Waals surface area contributed by atoms with Crippen LogP contribution in [0.2, 0.25) is 0 Å². The smallest absolute Gasteiger partial charge is 0.255 e. The molecule has 0 aliphatic carbocycles. The zero-order valence-electron chi connectivity index (χ0n) is 12.7. The summed E-state index contributed by atoms with van der Waals surface area (Å²) in [6.07, 6.45) is 7.94. The molecular formula is C17H22N2O3. The van der Waals surface area contributed by atoms with Gasteiger partial charge in [-0.2, -0.15) is 0 Å². The van der Waals surface area contributed by atoms with Gasteiger partial charge in [-0.15, -0.1) is 6.58 Å². The Balaban J connectivity index is 1.65. The number of hydrogen-bond donors (Lipinski definition) is 0. The van der Waals surface area contributed by atoms with Crippen LogP contribution in [0.25, 0.3) is 0 Å². The lowest BCUT2D eigenvalue weighted by Crippen LogP contribution is -2.50. The molecule has 5 nitrogen and oxygen atoms in total. The van der Waals surface area contributed by atoms with Gasteiger partial charge in [0.05, 0.1) is 37.0 Å². The number of hydrogen-bond acceptors (Lipinski definition) is 4. The van der Waals surface area contributed by atoms with E-state index >= 15 is 0 Å². The first kappa shape index (κ1) is 15.2. The minimum Gasteiger partial charge on any atom is -0.372 e. The maximum Gasteiger partial charge on any atom is 0.255 e. The van der Waals surface area contributed by atoms with Crippen LogP contribution in [0.15, 0.2) is 37.2 Å². The molecule has 2 saturated heterocycles. The number of carbonyl (C=O) groups is 1. The Morgan fingerprint density at radius 3 is 3.32 bits per heavy atom. The number of ether oxygens (including phenoxy) is 2. The van der Waals surface area contributed by atoms with Gasteiger partial charge in [-0.05, 0) is 25.0 Å². The van der Waals surface area contributed by atoms with Crippen molar-refractivity contribution in [1.29, 1.82) is 0 Å². The molecule has 0 unspecified atom stereocenters. The Bertz CT molecular complexity index is 534. The van der Waals surface area contributed by atoms with Crippen molar-refractivity contribution in [3.8, 4) is 0 Å². The van der Waals surface area contributed by atoms with Crippen LogP contribution in [0.4, 0.5) is 0 Å². The maximum atomic E-state index is 12.6. The Kier molecular flexibility index (Phi) is 4.55. The van der Waals surface area contributed by atoms with Gasteiger partial charge in [0.15, 0.2) is 0 Å². The molecule has 3 heterocycles. The van der Waals surface area contributed by atoms with Crippen molar-refractivity contribution >= 4 is 5.91 Å². The van der Waals surface area contributed by atoms with E-state index in [0.717, 1.165) is 25.8 Å². The van der Waals surface area contributed by atoms with Gasteiger partial charge >= 0.3 is 0 Å². The molecular weight excluding hydrogens is 280 g/mol. The summed E-state index contributed by atoms with van der Waals surface area (Å²) >= 11 is 0. The molecule has 0 bridgehead atoms. The summed E-state index contributed by atoms with van der Waals surface area (Å²) in [7, 11) is 0. The van der Waals surface area contributed by atoms with Gasteiger partial charge in [0.2, 0.25) is 0 Å². The number of likely N-dealkylation sites (tertiary alicyclic amines) is 1. The van der Waals surface area contributed by atoms with E-state index in [1.807, 2.05) is 11.0 Å². The van der Waals surface area contributed by atoms with Crippen molar-refractivity contribution in [3.63, 3.8) is 0 Å². The summed E-state index contributed by atoms with van der Waals surface area (Å²) in [5, 5.41) is 0. The quantitative estimate of drug-likeness (QED) is 0.799. The predicted octanol–water partition coefficient (Wildman–Crippen LogP) is 2.05. The molecule has 0 radical (unpaired) electrons. The van der Waals surface area contributed by atoms with E-state index in [1.165, 1.54) is 0 Å². The number of rotatable bonds is 4. The van der Waals surface area contributed by atoms with Gasteiger partial charge in [0, 0.05) is 25.4 Å². The van der Waals surface area contributed by atoms with Gasteiger partial charge in [-0.1, -0.05) is 6.08 Å². The van der Waals surface area contributed by atoms with Crippen LogP contribution in [0.3, 0.4) is 0 Å². The van der Waals surface area contributed by atoms with Crippen molar-refractivity contribution in [3.05, 3.63) is 42.7 Å². The van der Waals surface area contributed by atoms with E-state index in [1.54, 1.807) is 24.5 Å². The summed E-state index contributed by atoms with van der Waals surface area (Å²) in [5.41, 5.74) is 0.388. The van der Waals surface area contributed by atoms with Crippen molar-refractivity contribution in [2.45, 2.75) is 31.0 Å². The fourth-order valence-corrected chi connectivity index (χ4v) is 3.34. The normalized spacial score (nSPS) is 28.0. The molecule has 5 heteroatoms. The molecule has 1 aromatic rings. The molecule has 1 aromatic heterocycles. The summed E-state index contributed by atoms with van der Waals surface area (Å²) < 4.78 is 11.7. The summed E-state index contributed by atoms with van der Waals surface area (Å²) in [5.74, 6) is 0.0336. The van der Waals surface area contributed by atoms with E-state index in [2.05, 4.69) is 11.6 Å². The van der Waals surface area contributed by atoms with Crippen LogP contribution in [0.1, 0.15) is 29.6 Å². The fraction of sp³-hybridized carbons (Fsp3) is 0.529. The maximum absolute atomic E-state index is 12.6. The summed E-state index contributed by atoms with van der Waals surface area (Å²) in [4.78, 5) is 18.5. The molecule has 1 amide bonds. The third kappa shape index (κ3) is 3.20. The minimum absolute atomic E-state index is 0.0336. The lowest BCUT2D eigenvalue weighted by molar-refractivity contribution is -0.0461. The van der Waals surface area contributed by atoms with Crippen molar-refractivity contribution in [2.75, 3.05) is 26.3 Å². The van der Waals surface area contributed by atoms with Gasteiger partial charge in [-0.3, -0.25) is 9.78 Å². The lowest BCUT2D eigenvalue weighted by Gasteiger charge is -2.39. The molecule has 2 aliphatic rings. The SMILES string of the molecule is C=CCO[C@@H]1CO[C@]2(CCCN(C(=O)c3cccnc3)C2)C1. The number of nitrogens with zero attached hydrogens (tertiary/aromatic N) is 2. The molecule has 0 N–H and O–H groups in total. The van der Waals surface area contributed by atoms with Gasteiger partial charge in [-0.25, -0.2) is 0 Å². The molecule has 3 rings (SSSR count). The molecule has 0 aromatic carbocycles. The Hall–Kier alpha value is -1.72. The lowest BCUT2D eigenvalue weighted by atomic mass is 9.89. The van der Waals surface area contributed by atoms with Crippen LogP contribution in [0, 0.1) is 0 Å². The first-order valence-corrected chi connectivity index (χ1v) is 7.78. The minimum atomic E-state index is -0.248. The highest BCUT2D eigenvalue weighted by Gasteiger charge is 2.44. The topological polar surface area (TPSA) is 51.7 Å². The molecule has 0 saturated carbocycles. The third-order valence-electron chi connectivity index (χ3n) is 4.36. The van der Waals surface area contributed by atoms with Gasteiger partial charge < -0.3 is 14.4 Å². The number of pyridine rings is 1. The average Bonchev–Trinajstić information content (AvgIpc) is 2.95. The van der Waals surface area contributed by atoms with Crippen LogP contribution in [0.5, 0.6) is 0 Å². The highest BCUT2D eigenvalue weighted by atomic mass is 16.6. The zero-order valence-corrected chi connectivity index (χ0v) is 12.7. The first-order valence-electron chi connectivity index (χ1n) is 7.78. The Morgan fingerprint density at radius 1 is 1.64 bits per heavy atom. The average molecular weight is 302 g/mol. The van der Waals surface area contributed by atoms with E-state index in [4.69, 9.17) is 9.47 Å². The molecule has 2 fully saturated rings. The Morgan fingerprint density at radius 2 is 2.55 bits per heavy atom. The van der Waals surface area contributed by atoms with E-state index in [-0.39, 0.29) is 17.6 Å². The number of aromatic nitrogens is 1. The molecule has 1 spiro atoms. The number of amides is 1.